The van der Waals surface area contributed by atoms with Crippen LogP contribution in [0.4, 0.5) is 5.82 Å². The third kappa shape index (κ3) is 4.22. The minimum atomic E-state index is -0.0167. The summed E-state index contributed by atoms with van der Waals surface area (Å²) in [6.45, 7) is 3.11. The van der Waals surface area contributed by atoms with Crippen LogP contribution in [0.1, 0.15) is 25.3 Å². The lowest BCUT2D eigenvalue weighted by Crippen LogP contribution is -2.26. The average molecular weight is 267 g/mol. The highest BCUT2D eigenvalue weighted by molar-refractivity contribution is 6.34. The van der Waals surface area contributed by atoms with Crippen molar-refractivity contribution in [3.05, 3.63) is 22.8 Å². The number of hydrogen-bond donors (Lipinski definition) is 2. The van der Waals surface area contributed by atoms with E-state index in [9.17, 15) is 4.79 Å². The molecule has 0 aliphatic carbocycles. The smallest absolute Gasteiger partial charge is 0.221 e. The second kappa shape index (κ2) is 7.51. The summed E-state index contributed by atoms with van der Waals surface area (Å²) in [6.07, 6.45) is 2.76. The zero-order valence-electron chi connectivity index (χ0n) is 10.2. The van der Waals surface area contributed by atoms with E-state index in [1.54, 1.807) is 6.07 Å². The van der Waals surface area contributed by atoms with E-state index >= 15 is 0 Å². The number of nitrogens with one attached hydrogen (secondary N) is 2. The SMILES string of the molecule is CCCNC(=O)CCNc1nccc(C#N)c1Cl. The van der Waals surface area contributed by atoms with E-state index in [2.05, 4.69) is 15.6 Å². The van der Waals surface area contributed by atoms with E-state index < -0.39 is 0 Å². The topological polar surface area (TPSA) is 77.8 Å². The molecule has 0 bridgehead atoms. The van der Waals surface area contributed by atoms with Crippen LogP contribution in [0.5, 0.6) is 0 Å². The number of pyridine rings is 1. The molecule has 0 unspecified atom stereocenters. The second-order valence-electron chi connectivity index (χ2n) is 3.66. The Morgan fingerprint density at radius 1 is 1.56 bits per heavy atom. The molecule has 1 aromatic rings. The van der Waals surface area contributed by atoms with Crippen molar-refractivity contribution < 1.29 is 4.79 Å². The maximum Gasteiger partial charge on any atom is 0.221 e. The van der Waals surface area contributed by atoms with Crippen molar-refractivity contribution in [2.24, 2.45) is 0 Å². The van der Waals surface area contributed by atoms with Gasteiger partial charge < -0.3 is 10.6 Å². The lowest BCUT2D eigenvalue weighted by Gasteiger charge is -2.08. The summed E-state index contributed by atoms with van der Waals surface area (Å²) >= 11 is 5.96. The van der Waals surface area contributed by atoms with E-state index in [-0.39, 0.29) is 10.9 Å². The number of amides is 1. The molecule has 96 valence electrons. The quantitative estimate of drug-likeness (QED) is 0.825. The van der Waals surface area contributed by atoms with Crippen LogP contribution in [0, 0.1) is 11.3 Å². The molecule has 0 radical (unpaired) electrons. The van der Waals surface area contributed by atoms with Gasteiger partial charge in [0.25, 0.3) is 0 Å². The molecule has 0 saturated carbocycles. The van der Waals surface area contributed by atoms with Gasteiger partial charge in [-0.25, -0.2) is 4.98 Å². The van der Waals surface area contributed by atoms with Crippen molar-refractivity contribution in [3.8, 4) is 6.07 Å². The van der Waals surface area contributed by atoms with Crippen LogP contribution in [-0.4, -0.2) is 24.0 Å². The van der Waals surface area contributed by atoms with Gasteiger partial charge in [0.05, 0.1) is 5.56 Å². The predicted octanol–water partition coefficient (Wildman–Crippen LogP) is 1.93. The normalized spacial score (nSPS) is 9.61. The molecule has 0 aliphatic rings. The fraction of sp³-hybridized carbons (Fsp3) is 0.417. The van der Waals surface area contributed by atoms with Crippen molar-refractivity contribution in [1.82, 2.24) is 10.3 Å². The number of nitrogens with zero attached hydrogens (tertiary/aromatic N) is 2. The monoisotopic (exact) mass is 266 g/mol. The van der Waals surface area contributed by atoms with E-state index in [1.165, 1.54) is 6.20 Å². The molecule has 0 aliphatic heterocycles. The van der Waals surface area contributed by atoms with E-state index in [1.807, 2.05) is 13.0 Å². The Bertz CT molecular complexity index is 456. The Morgan fingerprint density at radius 3 is 3.00 bits per heavy atom. The maximum atomic E-state index is 11.3. The van der Waals surface area contributed by atoms with Gasteiger partial charge in [-0.1, -0.05) is 18.5 Å². The molecular weight excluding hydrogens is 252 g/mol. The molecule has 5 nitrogen and oxygen atoms in total. The van der Waals surface area contributed by atoms with Gasteiger partial charge in [0.2, 0.25) is 5.91 Å². The molecule has 2 N–H and O–H groups in total. The van der Waals surface area contributed by atoms with Crippen LogP contribution in [0.25, 0.3) is 0 Å². The predicted molar refractivity (Wildman–Crippen MR) is 70.4 cm³/mol. The molecule has 0 fully saturated rings. The van der Waals surface area contributed by atoms with Crippen molar-refractivity contribution in [2.75, 3.05) is 18.4 Å². The Morgan fingerprint density at radius 2 is 2.33 bits per heavy atom. The molecule has 1 aromatic heterocycles. The van der Waals surface area contributed by atoms with Crippen molar-refractivity contribution in [1.29, 1.82) is 5.26 Å². The van der Waals surface area contributed by atoms with Crippen LogP contribution in [0.3, 0.4) is 0 Å². The summed E-state index contributed by atoms with van der Waals surface area (Å²) in [6, 6.07) is 3.51. The van der Waals surface area contributed by atoms with Gasteiger partial charge in [-0.3, -0.25) is 4.79 Å². The van der Waals surface area contributed by atoms with E-state index in [4.69, 9.17) is 16.9 Å². The van der Waals surface area contributed by atoms with E-state index in [0.717, 1.165) is 6.42 Å². The van der Waals surface area contributed by atoms with Crippen molar-refractivity contribution in [2.45, 2.75) is 19.8 Å². The minimum absolute atomic E-state index is 0.0167. The Balaban J connectivity index is 2.45. The lowest BCUT2D eigenvalue weighted by atomic mass is 10.3. The summed E-state index contributed by atoms with van der Waals surface area (Å²) in [5.74, 6) is 0.413. The summed E-state index contributed by atoms with van der Waals surface area (Å²) < 4.78 is 0. The number of rotatable bonds is 6. The van der Waals surface area contributed by atoms with Gasteiger partial charge in [0.1, 0.15) is 16.9 Å². The molecule has 6 heteroatoms. The summed E-state index contributed by atoms with van der Waals surface area (Å²) in [7, 11) is 0. The first-order chi connectivity index (χ1) is 8.69. The number of aromatic nitrogens is 1. The summed E-state index contributed by atoms with van der Waals surface area (Å²) in [5.41, 5.74) is 0.365. The number of anilines is 1. The zero-order chi connectivity index (χ0) is 13.4. The van der Waals surface area contributed by atoms with Crippen LogP contribution >= 0.6 is 11.6 Å². The number of halogens is 1. The zero-order valence-corrected chi connectivity index (χ0v) is 10.9. The number of nitriles is 1. The standard InChI is InChI=1S/C12H15ClN4O/c1-2-5-15-10(18)4-7-17-12-11(13)9(8-14)3-6-16-12/h3,6H,2,4-5,7H2,1H3,(H,15,18)(H,16,17). The Kier molecular flexibility index (Phi) is 5.95. The first kappa shape index (κ1) is 14.3. The van der Waals surface area contributed by atoms with Crippen LogP contribution < -0.4 is 10.6 Å². The van der Waals surface area contributed by atoms with Crippen LogP contribution in [0.15, 0.2) is 12.3 Å². The van der Waals surface area contributed by atoms with Crippen LogP contribution in [-0.2, 0) is 4.79 Å². The molecule has 18 heavy (non-hydrogen) atoms. The van der Waals surface area contributed by atoms with Gasteiger partial charge >= 0.3 is 0 Å². The fourth-order valence-corrected chi connectivity index (χ4v) is 1.52. The van der Waals surface area contributed by atoms with Gasteiger partial charge in [-0.05, 0) is 12.5 Å². The molecule has 1 amide bonds. The molecular formula is C12H15ClN4O. The molecule has 1 rings (SSSR count). The van der Waals surface area contributed by atoms with Crippen LogP contribution in [0.2, 0.25) is 5.02 Å². The van der Waals surface area contributed by atoms with Crippen molar-refractivity contribution in [3.63, 3.8) is 0 Å². The van der Waals surface area contributed by atoms with Gasteiger partial charge in [-0.2, -0.15) is 5.26 Å². The highest BCUT2D eigenvalue weighted by Gasteiger charge is 2.07. The molecule has 0 saturated heterocycles. The molecule has 1 heterocycles. The average Bonchev–Trinajstić information content (AvgIpc) is 2.38. The number of carbonyl (C=O) groups excluding carboxylic acids is 1. The fourth-order valence-electron chi connectivity index (χ4n) is 1.30. The Labute approximate surface area is 111 Å². The molecule has 0 atom stereocenters. The first-order valence-electron chi connectivity index (χ1n) is 5.74. The van der Waals surface area contributed by atoms with Gasteiger partial charge in [0.15, 0.2) is 0 Å². The van der Waals surface area contributed by atoms with Gasteiger partial charge in [0, 0.05) is 25.7 Å². The highest BCUT2D eigenvalue weighted by atomic mass is 35.5. The summed E-state index contributed by atoms with van der Waals surface area (Å²) in [4.78, 5) is 15.4. The Hall–Kier alpha value is -1.80. The molecule has 0 aromatic carbocycles. The first-order valence-corrected chi connectivity index (χ1v) is 6.12. The molecule has 0 spiro atoms. The summed E-state index contributed by atoms with van der Waals surface area (Å²) in [5, 5.41) is 14.8. The minimum Gasteiger partial charge on any atom is -0.368 e. The second-order valence-corrected chi connectivity index (χ2v) is 4.04. The van der Waals surface area contributed by atoms with Crippen molar-refractivity contribution >= 4 is 23.3 Å². The van der Waals surface area contributed by atoms with Gasteiger partial charge in [-0.15, -0.1) is 0 Å². The largest absolute Gasteiger partial charge is 0.368 e. The number of carbonyl (C=O) groups is 1. The van der Waals surface area contributed by atoms with E-state index in [0.29, 0.717) is 30.9 Å². The maximum absolute atomic E-state index is 11.3. The third-order valence-corrected chi connectivity index (χ3v) is 2.61. The lowest BCUT2D eigenvalue weighted by molar-refractivity contribution is -0.120. The highest BCUT2D eigenvalue weighted by Crippen LogP contribution is 2.22. The third-order valence-electron chi connectivity index (χ3n) is 2.23. The number of hydrogen-bond acceptors (Lipinski definition) is 4.